The molecule has 0 fully saturated rings. The number of nitrogens with two attached hydrogens (primary N) is 1. The van der Waals surface area contributed by atoms with E-state index in [0.29, 0.717) is 22.2 Å². The molecule has 0 atom stereocenters. The normalized spacial score (nSPS) is 10.4. The third-order valence-electron chi connectivity index (χ3n) is 2.62. The Bertz CT molecular complexity index is 697. The second-order valence-corrected chi connectivity index (χ2v) is 5.22. The number of rotatable bonds is 3. The topological polar surface area (TPSA) is 48.0 Å². The molecule has 0 saturated carbocycles. The lowest BCUT2D eigenvalue weighted by Crippen LogP contribution is -2.28. The average Bonchev–Trinajstić information content (AvgIpc) is 2.36. The summed E-state index contributed by atoms with van der Waals surface area (Å²) in [7, 11) is 0. The molecule has 1 heterocycles. The fourth-order valence-electron chi connectivity index (χ4n) is 1.68. The highest BCUT2D eigenvalue weighted by Crippen LogP contribution is 2.22. The summed E-state index contributed by atoms with van der Waals surface area (Å²) in [5, 5.41) is 0.937. The number of benzene rings is 1. The lowest BCUT2D eigenvalue weighted by molar-refractivity contribution is 0.758. The molecule has 19 heavy (non-hydrogen) atoms. The van der Waals surface area contributed by atoms with E-state index >= 15 is 0 Å². The van der Waals surface area contributed by atoms with E-state index < -0.39 is 0 Å². The molecule has 2 rings (SSSR count). The summed E-state index contributed by atoms with van der Waals surface area (Å²) >= 11 is 16.6. The van der Waals surface area contributed by atoms with E-state index in [1.54, 1.807) is 30.5 Å². The van der Waals surface area contributed by atoms with Gasteiger partial charge in [0.15, 0.2) is 0 Å². The van der Waals surface area contributed by atoms with Gasteiger partial charge < -0.3 is 10.3 Å². The minimum atomic E-state index is -0.221. The van der Waals surface area contributed by atoms with Gasteiger partial charge in [-0.3, -0.25) is 4.79 Å². The van der Waals surface area contributed by atoms with Crippen molar-refractivity contribution in [1.82, 2.24) is 4.57 Å². The number of nitrogens with zero attached hydrogens (tertiary/aromatic N) is 1. The average molecular weight is 313 g/mol. The van der Waals surface area contributed by atoms with Gasteiger partial charge in [0.1, 0.15) is 4.99 Å². The van der Waals surface area contributed by atoms with Gasteiger partial charge in [0.05, 0.1) is 22.2 Å². The first-order valence-electron chi connectivity index (χ1n) is 5.42. The molecule has 1 aromatic heterocycles. The van der Waals surface area contributed by atoms with E-state index in [9.17, 15) is 4.79 Å². The van der Waals surface area contributed by atoms with Crippen molar-refractivity contribution in [2.45, 2.75) is 6.54 Å². The number of hydrogen-bond acceptors (Lipinski definition) is 2. The van der Waals surface area contributed by atoms with E-state index in [1.807, 2.05) is 6.07 Å². The zero-order valence-electron chi connectivity index (χ0n) is 9.77. The van der Waals surface area contributed by atoms with Crippen LogP contribution in [0.1, 0.15) is 11.1 Å². The van der Waals surface area contributed by atoms with Crippen molar-refractivity contribution in [3.63, 3.8) is 0 Å². The van der Waals surface area contributed by atoms with Crippen LogP contribution in [0.3, 0.4) is 0 Å². The molecule has 98 valence electrons. The Hall–Kier alpha value is -1.36. The van der Waals surface area contributed by atoms with Gasteiger partial charge in [-0.15, -0.1) is 0 Å². The first-order valence-corrected chi connectivity index (χ1v) is 6.58. The standard InChI is InChI=1S/C13H10Cl2N2OS/c14-10-4-3-8(6-11(10)15)7-17-5-1-2-9(12(16)19)13(17)18/h1-6H,7H2,(H2,16,19). The van der Waals surface area contributed by atoms with Gasteiger partial charge in [-0.1, -0.05) is 41.5 Å². The molecule has 0 spiro atoms. The highest BCUT2D eigenvalue weighted by molar-refractivity contribution is 7.80. The maximum absolute atomic E-state index is 12.1. The molecular formula is C13H10Cl2N2OS. The van der Waals surface area contributed by atoms with Crippen molar-refractivity contribution < 1.29 is 0 Å². The molecular weight excluding hydrogens is 303 g/mol. The lowest BCUT2D eigenvalue weighted by Gasteiger charge is -2.08. The predicted octanol–water partition coefficient (Wildman–Crippen LogP) is 2.84. The summed E-state index contributed by atoms with van der Waals surface area (Å²) in [6.07, 6.45) is 1.67. The van der Waals surface area contributed by atoms with E-state index in [4.69, 9.17) is 41.2 Å². The zero-order chi connectivity index (χ0) is 14.0. The van der Waals surface area contributed by atoms with Crippen molar-refractivity contribution >= 4 is 40.4 Å². The molecule has 0 aliphatic rings. The maximum atomic E-state index is 12.1. The molecule has 0 saturated heterocycles. The first-order chi connectivity index (χ1) is 8.99. The minimum Gasteiger partial charge on any atom is -0.389 e. The highest BCUT2D eigenvalue weighted by atomic mass is 35.5. The summed E-state index contributed by atoms with van der Waals surface area (Å²) in [5.41, 5.74) is 6.48. The fraction of sp³-hybridized carbons (Fsp3) is 0.0769. The lowest BCUT2D eigenvalue weighted by atomic mass is 10.2. The van der Waals surface area contributed by atoms with E-state index in [-0.39, 0.29) is 10.5 Å². The van der Waals surface area contributed by atoms with Gasteiger partial charge in [0.25, 0.3) is 5.56 Å². The van der Waals surface area contributed by atoms with Gasteiger partial charge in [0.2, 0.25) is 0 Å². The smallest absolute Gasteiger partial charge is 0.261 e. The Morgan fingerprint density at radius 1 is 1.26 bits per heavy atom. The van der Waals surface area contributed by atoms with Gasteiger partial charge >= 0.3 is 0 Å². The van der Waals surface area contributed by atoms with E-state index in [1.165, 1.54) is 4.57 Å². The number of thiocarbonyl (C=S) groups is 1. The van der Waals surface area contributed by atoms with Crippen molar-refractivity contribution in [2.75, 3.05) is 0 Å². The second-order valence-electron chi connectivity index (χ2n) is 3.97. The summed E-state index contributed by atoms with van der Waals surface area (Å²) in [5.74, 6) is 0. The van der Waals surface area contributed by atoms with Gasteiger partial charge in [-0.05, 0) is 29.8 Å². The quantitative estimate of drug-likeness (QED) is 0.887. The van der Waals surface area contributed by atoms with Crippen LogP contribution in [0.15, 0.2) is 41.3 Å². The van der Waals surface area contributed by atoms with Crippen LogP contribution < -0.4 is 11.3 Å². The summed E-state index contributed by atoms with van der Waals surface area (Å²) in [4.78, 5) is 12.2. The van der Waals surface area contributed by atoms with Crippen molar-refractivity contribution in [3.05, 3.63) is 68.1 Å². The summed E-state index contributed by atoms with van der Waals surface area (Å²) in [6.45, 7) is 0.381. The van der Waals surface area contributed by atoms with Crippen LogP contribution in [0.2, 0.25) is 10.0 Å². The SMILES string of the molecule is NC(=S)c1cccn(Cc2ccc(Cl)c(Cl)c2)c1=O. The summed E-state index contributed by atoms with van der Waals surface area (Å²) in [6, 6.07) is 8.57. The number of halogens is 2. The van der Waals surface area contributed by atoms with Crippen LogP contribution in [0, 0.1) is 0 Å². The third kappa shape index (κ3) is 3.15. The molecule has 1 aromatic carbocycles. The monoisotopic (exact) mass is 312 g/mol. The van der Waals surface area contributed by atoms with Crippen LogP contribution in [-0.4, -0.2) is 9.56 Å². The molecule has 0 bridgehead atoms. The molecule has 0 radical (unpaired) electrons. The van der Waals surface area contributed by atoms with Crippen LogP contribution in [0.5, 0.6) is 0 Å². The van der Waals surface area contributed by atoms with Gasteiger partial charge in [0, 0.05) is 6.20 Å². The molecule has 2 aromatic rings. The third-order valence-corrected chi connectivity index (χ3v) is 3.58. The Morgan fingerprint density at radius 2 is 2.00 bits per heavy atom. The largest absolute Gasteiger partial charge is 0.389 e. The van der Waals surface area contributed by atoms with Crippen molar-refractivity contribution in [2.24, 2.45) is 5.73 Å². The molecule has 2 N–H and O–H groups in total. The zero-order valence-corrected chi connectivity index (χ0v) is 12.1. The molecule has 0 aliphatic heterocycles. The predicted molar refractivity (Wildman–Crippen MR) is 82.2 cm³/mol. The number of hydrogen-bond donors (Lipinski definition) is 1. The van der Waals surface area contributed by atoms with Crippen LogP contribution >= 0.6 is 35.4 Å². The van der Waals surface area contributed by atoms with Crippen LogP contribution in [-0.2, 0) is 6.54 Å². The molecule has 0 unspecified atom stereocenters. The van der Waals surface area contributed by atoms with Crippen LogP contribution in [0.25, 0.3) is 0 Å². The second kappa shape index (κ2) is 5.74. The number of pyridine rings is 1. The highest BCUT2D eigenvalue weighted by Gasteiger charge is 2.06. The fourth-order valence-corrected chi connectivity index (χ4v) is 2.16. The van der Waals surface area contributed by atoms with Gasteiger partial charge in [-0.2, -0.15) is 0 Å². The number of aromatic nitrogens is 1. The molecule has 0 aliphatic carbocycles. The van der Waals surface area contributed by atoms with Crippen molar-refractivity contribution in [1.29, 1.82) is 0 Å². The minimum absolute atomic E-state index is 0.0912. The Balaban J connectivity index is 2.38. The Kier molecular flexibility index (Phi) is 4.24. The van der Waals surface area contributed by atoms with E-state index in [2.05, 4.69) is 0 Å². The van der Waals surface area contributed by atoms with Gasteiger partial charge in [-0.25, -0.2) is 0 Å². The summed E-state index contributed by atoms with van der Waals surface area (Å²) < 4.78 is 1.52. The molecule has 6 heteroatoms. The molecule has 3 nitrogen and oxygen atoms in total. The van der Waals surface area contributed by atoms with Crippen molar-refractivity contribution in [3.8, 4) is 0 Å². The maximum Gasteiger partial charge on any atom is 0.261 e. The van der Waals surface area contributed by atoms with E-state index in [0.717, 1.165) is 5.56 Å². The Morgan fingerprint density at radius 3 is 2.63 bits per heavy atom. The van der Waals surface area contributed by atoms with Crippen LogP contribution in [0.4, 0.5) is 0 Å². The Labute approximate surface area is 125 Å². The first kappa shape index (κ1) is 14.1. The molecule has 0 amide bonds.